The van der Waals surface area contributed by atoms with Crippen LogP contribution in [0.5, 0.6) is 0 Å². The van der Waals surface area contributed by atoms with Gasteiger partial charge in [-0.05, 0) is 23.8 Å². The molecule has 0 aromatic carbocycles. The molecule has 1 aliphatic rings. The van der Waals surface area contributed by atoms with E-state index < -0.39 is 0 Å². The largest absolute Gasteiger partial charge is 0.469 e. The fourth-order valence-corrected chi connectivity index (χ4v) is 1.76. The number of methoxy groups -OCH3 is 1. The van der Waals surface area contributed by atoms with Gasteiger partial charge in [-0.15, -0.1) is 0 Å². The molecule has 0 bridgehead atoms. The van der Waals surface area contributed by atoms with Gasteiger partial charge in [-0.3, -0.25) is 9.78 Å². The second-order valence-electron chi connectivity index (χ2n) is 4.01. The van der Waals surface area contributed by atoms with Crippen LogP contribution in [0.3, 0.4) is 0 Å². The van der Waals surface area contributed by atoms with E-state index in [0.717, 1.165) is 17.8 Å². The van der Waals surface area contributed by atoms with Crippen molar-refractivity contribution in [3.05, 3.63) is 48.4 Å². The number of carbonyl (C=O) groups is 1. The highest BCUT2D eigenvalue weighted by Crippen LogP contribution is 2.17. The van der Waals surface area contributed by atoms with E-state index in [4.69, 9.17) is 0 Å². The molecule has 0 radical (unpaired) electrons. The number of rotatable bonds is 4. The number of esters is 1. The van der Waals surface area contributed by atoms with Crippen LogP contribution in [-0.4, -0.2) is 36.1 Å². The van der Waals surface area contributed by atoms with Crippen molar-refractivity contribution in [2.45, 2.75) is 6.42 Å². The van der Waals surface area contributed by atoms with Crippen molar-refractivity contribution >= 4 is 11.5 Å². The highest BCUT2D eigenvalue weighted by Gasteiger charge is 2.08. The molecular weight excluding hydrogens is 228 g/mol. The topological polar surface area (TPSA) is 42.4 Å². The number of hydrogen-bond donors (Lipinski definition) is 0. The van der Waals surface area contributed by atoms with Crippen molar-refractivity contribution in [2.75, 3.05) is 20.2 Å². The number of allylic oxidation sites excluding steroid dienone is 2. The van der Waals surface area contributed by atoms with E-state index in [9.17, 15) is 4.79 Å². The first-order valence-corrected chi connectivity index (χ1v) is 5.90. The van der Waals surface area contributed by atoms with Gasteiger partial charge in [0.05, 0.1) is 19.2 Å². The summed E-state index contributed by atoms with van der Waals surface area (Å²) in [5, 5.41) is 0. The van der Waals surface area contributed by atoms with Crippen molar-refractivity contribution in [1.82, 2.24) is 9.88 Å². The second kappa shape index (κ2) is 6.00. The Morgan fingerprint density at radius 1 is 1.50 bits per heavy atom. The normalized spacial score (nSPS) is 14.3. The molecule has 2 rings (SSSR count). The molecule has 1 aliphatic heterocycles. The lowest BCUT2D eigenvalue weighted by atomic mass is 10.1. The lowest BCUT2D eigenvalue weighted by Crippen LogP contribution is -2.23. The molecule has 94 valence electrons. The van der Waals surface area contributed by atoms with Crippen LogP contribution in [-0.2, 0) is 9.53 Å². The summed E-state index contributed by atoms with van der Waals surface area (Å²) < 4.78 is 4.62. The van der Waals surface area contributed by atoms with E-state index in [-0.39, 0.29) is 5.97 Å². The summed E-state index contributed by atoms with van der Waals surface area (Å²) in [5.41, 5.74) is 2.09. The molecule has 18 heavy (non-hydrogen) atoms. The van der Waals surface area contributed by atoms with Crippen molar-refractivity contribution in [1.29, 1.82) is 0 Å². The number of hydrogen-bond acceptors (Lipinski definition) is 4. The molecule has 2 heterocycles. The minimum Gasteiger partial charge on any atom is -0.469 e. The Kier molecular flexibility index (Phi) is 4.12. The number of carbonyl (C=O) groups excluding carboxylic acids is 1. The molecule has 0 amide bonds. The number of pyridine rings is 1. The van der Waals surface area contributed by atoms with Crippen molar-refractivity contribution < 1.29 is 9.53 Å². The van der Waals surface area contributed by atoms with E-state index in [2.05, 4.69) is 20.7 Å². The van der Waals surface area contributed by atoms with Crippen LogP contribution in [0.4, 0.5) is 0 Å². The zero-order valence-electron chi connectivity index (χ0n) is 10.4. The smallest absolute Gasteiger partial charge is 0.307 e. The van der Waals surface area contributed by atoms with E-state index in [0.29, 0.717) is 13.0 Å². The van der Waals surface area contributed by atoms with Gasteiger partial charge in [0.1, 0.15) is 0 Å². The van der Waals surface area contributed by atoms with Crippen LogP contribution in [0.2, 0.25) is 0 Å². The minimum atomic E-state index is -0.178. The maximum absolute atomic E-state index is 11.0. The van der Waals surface area contributed by atoms with Crippen LogP contribution in [0, 0.1) is 0 Å². The van der Waals surface area contributed by atoms with Gasteiger partial charge in [0, 0.05) is 25.5 Å². The molecule has 0 fully saturated rings. The van der Waals surface area contributed by atoms with Gasteiger partial charge in [-0.25, -0.2) is 0 Å². The van der Waals surface area contributed by atoms with Crippen LogP contribution >= 0.6 is 0 Å². The van der Waals surface area contributed by atoms with Gasteiger partial charge in [-0.1, -0.05) is 12.1 Å². The molecule has 4 nitrogen and oxygen atoms in total. The van der Waals surface area contributed by atoms with Gasteiger partial charge in [0.25, 0.3) is 0 Å². The van der Waals surface area contributed by atoms with Crippen molar-refractivity contribution in [2.24, 2.45) is 0 Å². The monoisotopic (exact) mass is 244 g/mol. The highest BCUT2D eigenvalue weighted by molar-refractivity contribution is 5.72. The van der Waals surface area contributed by atoms with Crippen LogP contribution in [0.25, 0.3) is 5.57 Å². The fraction of sp³-hybridized carbons (Fsp3) is 0.286. The van der Waals surface area contributed by atoms with E-state index >= 15 is 0 Å². The summed E-state index contributed by atoms with van der Waals surface area (Å²) in [6.45, 7) is 1.47. The Labute approximate surface area is 107 Å². The predicted molar refractivity (Wildman–Crippen MR) is 69.6 cm³/mol. The molecule has 0 saturated heterocycles. The molecule has 0 N–H and O–H groups in total. The summed E-state index contributed by atoms with van der Waals surface area (Å²) in [4.78, 5) is 17.4. The van der Waals surface area contributed by atoms with Gasteiger partial charge in [0.2, 0.25) is 0 Å². The quantitative estimate of drug-likeness (QED) is 0.758. The summed E-state index contributed by atoms with van der Waals surface area (Å²) in [6.07, 6.45) is 8.32. The van der Waals surface area contributed by atoms with Gasteiger partial charge >= 0.3 is 5.97 Å². The first-order valence-electron chi connectivity index (χ1n) is 5.90. The maximum atomic E-state index is 11.0. The van der Waals surface area contributed by atoms with E-state index in [1.807, 2.05) is 30.5 Å². The molecule has 1 aromatic rings. The van der Waals surface area contributed by atoms with Gasteiger partial charge < -0.3 is 9.64 Å². The standard InChI is InChI=1S/C14H16N2O2/c1-18-14(17)7-11-16-9-5-12(6-10-16)13-4-2-3-8-15-13/h2-6,8-9H,7,10-11H2,1H3. The molecule has 0 atom stereocenters. The van der Waals surface area contributed by atoms with Crippen LogP contribution < -0.4 is 0 Å². The molecule has 0 spiro atoms. The molecule has 0 aliphatic carbocycles. The molecular formula is C14H16N2O2. The van der Waals surface area contributed by atoms with Crippen LogP contribution in [0.15, 0.2) is 42.7 Å². The Bertz CT molecular complexity index is 466. The molecule has 1 aromatic heterocycles. The number of nitrogens with zero attached hydrogens (tertiary/aromatic N) is 2. The fourth-order valence-electron chi connectivity index (χ4n) is 1.76. The Morgan fingerprint density at radius 2 is 2.39 bits per heavy atom. The lowest BCUT2D eigenvalue weighted by molar-refractivity contribution is -0.140. The molecule has 0 saturated carbocycles. The predicted octanol–water partition coefficient (Wildman–Crippen LogP) is 1.86. The number of aromatic nitrogens is 1. The minimum absolute atomic E-state index is 0.178. The van der Waals surface area contributed by atoms with E-state index in [1.54, 1.807) is 6.20 Å². The first-order chi connectivity index (χ1) is 8.79. The summed E-state index contributed by atoms with van der Waals surface area (Å²) >= 11 is 0. The Morgan fingerprint density at radius 3 is 3.00 bits per heavy atom. The van der Waals surface area contributed by atoms with Crippen molar-refractivity contribution in [3.8, 4) is 0 Å². The van der Waals surface area contributed by atoms with Gasteiger partial charge in [-0.2, -0.15) is 0 Å². The third-order valence-corrected chi connectivity index (χ3v) is 2.80. The maximum Gasteiger partial charge on any atom is 0.307 e. The highest BCUT2D eigenvalue weighted by atomic mass is 16.5. The summed E-state index contributed by atoms with van der Waals surface area (Å²) in [6, 6.07) is 5.86. The Balaban J connectivity index is 1.89. The molecule has 4 heteroatoms. The Hall–Kier alpha value is -2.10. The van der Waals surface area contributed by atoms with Crippen molar-refractivity contribution in [3.63, 3.8) is 0 Å². The molecule has 0 unspecified atom stereocenters. The summed E-state index contributed by atoms with van der Waals surface area (Å²) in [5.74, 6) is -0.178. The van der Waals surface area contributed by atoms with Crippen LogP contribution in [0.1, 0.15) is 12.1 Å². The van der Waals surface area contributed by atoms with Gasteiger partial charge in [0.15, 0.2) is 0 Å². The first kappa shape index (κ1) is 12.4. The zero-order chi connectivity index (χ0) is 12.8. The number of ether oxygens (including phenoxy) is 1. The average Bonchev–Trinajstić information content (AvgIpc) is 2.46. The lowest BCUT2D eigenvalue weighted by Gasteiger charge is -2.21. The third kappa shape index (κ3) is 3.20. The average molecular weight is 244 g/mol. The SMILES string of the molecule is COC(=O)CCN1C=CC(c2ccccn2)=CC1. The summed E-state index contributed by atoms with van der Waals surface area (Å²) in [7, 11) is 1.41. The third-order valence-electron chi connectivity index (χ3n) is 2.80. The second-order valence-corrected chi connectivity index (χ2v) is 4.01. The van der Waals surface area contributed by atoms with E-state index in [1.165, 1.54) is 7.11 Å². The zero-order valence-corrected chi connectivity index (χ0v) is 10.4.